The van der Waals surface area contributed by atoms with Gasteiger partial charge < -0.3 is 5.11 Å². The molecule has 0 spiro atoms. The lowest BCUT2D eigenvalue weighted by atomic mass is 10.1. The summed E-state index contributed by atoms with van der Waals surface area (Å²) in [5.74, 6) is -1.01. The molecule has 0 radical (unpaired) electrons. The molecule has 0 saturated heterocycles. The van der Waals surface area contributed by atoms with Gasteiger partial charge in [0.25, 0.3) is 0 Å². The van der Waals surface area contributed by atoms with E-state index in [1.807, 2.05) is 0 Å². The van der Waals surface area contributed by atoms with Gasteiger partial charge in [0.15, 0.2) is 9.84 Å². The van der Waals surface area contributed by atoms with Crippen molar-refractivity contribution in [1.29, 1.82) is 0 Å². The molecule has 1 aromatic heterocycles. The number of aromatic carboxylic acids is 1. The van der Waals surface area contributed by atoms with Crippen molar-refractivity contribution in [1.82, 2.24) is 9.78 Å². The maximum Gasteiger partial charge on any atom is 0.339 e. The van der Waals surface area contributed by atoms with Crippen LogP contribution in [-0.4, -0.2) is 35.0 Å². The molecule has 0 unspecified atom stereocenters. The van der Waals surface area contributed by atoms with Gasteiger partial charge >= 0.3 is 5.97 Å². The Hall–Kier alpha value is -1.37. The number of carboxylic acid groups (broad SMARTS) is 1. The van der Waals surface area contributed by atoms with Gasteiger partial charge in [-0.2, -0.15) is 5.10 Å². The van der Waals surface area contributed by atoms with Gasteiger partial charge in [-0.25, -0.2) is 13.2 Å². The molecule has 19 heavy (non-hydrogen) atoms. The molecule has 7 heteroatoms. The van der Waals surface area contributed by atoms with Crippen molar-refractivity contribution < 1.29 is 18.3 Å². The Balaban J connectivity index is 2.15. The first-order valence-corrected chi connectivity index (χ1v) is 8.16. The number of hydrogen-bond acceptors (Lipinski definition) is 4. The third-order valence-corrected chi connectivity index (χ3v) is 5.31. The van der Waals surface area contributed by atoms with Gasteiger partial charge in [-0.05, 0) is 18.8 Å². The summed E-state index contributed by atoms with van der Waals surface area (Å²) in [5.41, 5.74) is 0.225. The number of aromatic nitrogens is 2. The van der Waals surface area contributed by atoms with Crippen LogP contribution in [0, 0.1) is 5.92 Å². The third-order valence-electron chi connectivity index (χ3n) is 3.61. The van der Waals surface area contributed by atoms with Crippen LogP contribution in [0.4, 0.5) is 0 Å². The molecule has 2 rings (SSSR count). The van der Waals surface area contributed by atoms with Gasteiger partial charge in [0.1, 0.15) is 5.56 Å². The lowest BCUT2D eigenvalue weighted by Gasteiger charge is -2.10. The lowest BCUT2D eigenvalue weighted by Crippen LogP contribution is -2.18. The summed E-state index contributed by atoms with van der Waals surface area (Å²) in [7, 11) is -1.73. The van der Waals surface area contributed by atoms with Crippen LogP contribution >= 0.6 is 0 Å². The van der Waals surface area contributed by atoms with Gasteiger partial charge in [-0.3, -0.25) is 4.68 Å². The number of sulfone groups is 1. The van der Waals surface area contributed by atoms with Crippen LogP contribution in [0.5, 0.6) is 0 Å². The Bertz CT molecular complexity index is 571. The predicted molar refractivity (Wildman–Crippen MR) is 69.6 cm³/mol. The molecule has 1 N–H and O–H groups in total. The number of rotatable bonds is 5. The van der Waals surface area contributed by atoms with Gasteiger partial charge in [0, 0.05) is 7.05 Å². The van der Waals surface area contributed by atoms with Crippen molar-refractivity contribution in [2.24, 2.45) is 13.0 Å². The number of carboxylic acids is 1. The first-order valence-electron chi connectivity index (χ1n) is 6.33. The van der Waals surface area contributed by atoms with Gasteiger partial charge in [-0.1, -0.05) is 12.8 Å². The molecular formula is C12H18N2O4S. The monoisotopic (exact) mass is 286 g/mol. The quantitative estimate of drug-likeness (QED) is 0.879. The van der Waals surface area contributed by atoms with Crippen molar-refractivity contribution in [3.05, 3.63) is 17.5 Å². The summed E-state index contributed by atoms with van der Waals surface area (Å²) in [5, 5.41) is 12.8. The van der Waals surface area contributed by atoms with Crippen LogP contribution in [0.15, 0.2) is 6.20 Å². The first-order chi connectivity index (χ1) is 8.89. The van der Waals surface area contributed by atoms with Gasteiger partial charge in [-0.15, -0.1) is 0 Å². The van der Waals surface area contributed by atoms with E-state index in [9.17, 15) is 13.2 Å². The normalized spacial score (nSPS) is 16.9. The van der Waals surface area contributed by atoms with E-state index in [2.05, 4.69) is 5.10 Å². The van der Waals surface area contributed by atoms with Gasteiger partial charge in [0.05, 0.1) is 23.4 Å². The summed E-state index contributed by atoms with van der Waals surface area (Å²) in [6.45, 7) is 0. The molecule has 6 nitrogen and oxygen atoms in total. The lowest BCUT2D eigenvalue weighted by molar-refractivity contribution is 0.0696. The Morgan fingerprint density at radius 2 is 2.11 bits per heavy atom. The number of hydrogen-bond donors (Lipinski definition) is 1. The van der Waals surface area contributed by atoms with E-state index in [0.29, 0.717) is 0 Å². The van der Waals surface area contributed by atoms with E-state index in [0.717, 1.165) is 25.7 Å². The molecule has 106 valence electrons. The molecular weight excluding hydrogens is 268 g/mol. The Labute approximate surface area is 112 Å². The molecule has 0 aromatic carbocycles. The van der Waals surface area contributed by atoms with Crippen LogP contribution in [0.2, 0.25) is 0 Å². The van der Waals surface area contributed by atoms with Crippen molar-refractivity contribution in [3.63, 3.8) is 0 Å². The fraction of sp³-hybridized carbons (Fsp3) is 0.667. The standard InChI is InChI=1S/C12H18N2O4S/c1-14-11(10(6-13-14)12(15)16)8-19(17,18)7-9-4-2-3-5-9/h6,9H,2-5,7-8H2,1H3,(H,15,16). The van der Waals surface area contributed by atoms with E-state index < -0.39 is 15.8 Å². The van der Waals surface area contributed by atoms with Crippen LogP contribution < -0.4 is 0 Å². The highest BCUT2D eigenvalue weighted by atomic mass is 32.2. The van der Waals surface area contributed by atoms with Gasteiger partial charge in [0.2, 0.25) is 0 Å². The van der Waals surface area contributed by atoms with Crippen LogP contribution in [0.25, 0.3) is 0 Å². The van der Waals surface area contributed by atoms with E-state index in [1.165, 1.54) is 10.9 Å². The highest BCUT2D eigenvalue weighted by Crippen LogP contribution is 2.27. The molecule has 1 saturated carbocycles. The molecule has 1 aliphatic rings. The van der Waals surface area contributed by atoms with E-state index in [1.54, 1.807) is 7.05 Å². The fourth-order valence-electron chi connectivity index (χ4n) is 2.62. The van der Waals surface area contributed by atoms with Crippen molar-refractivity contribution in [2.45, 2.75) is 31.4 Å². The molecule has 0 amide bonds. The molecule has 1 aliphatic carbocycles. The van der Waals surface area contributed by atoms with Crippen LogP contribution in [0.3, 0.4) is 0 Å². The third kappa shape index (κ3) is 3.34. The van der Waals surface area contributed by atoms with E-state index in [4.69, 9.17) is 5.11 Å². The second-order valence-corrected chi connectivity index (χ2v) is 7.25. The molecule has 0 atom stereocenters. The Kier molecular flexibility index (Phi) is 3.93. The Morgan fingerprint density at radius 3 is 2.68 bits per heavy atom. The van der Waals surface area contributed by atoms with E-state index >= 15 is 0 Å². The average molecular weight is 286 g/mol. The molecule has 1 fully saturated rings. The van der Waals surface area contributed by atoms with Crippen LogP contribution in [-0.2, 0) is 22.6 Å². The summed E-state index contributed by atoms with van der Waals surface area (Å²) in [6.07, 6.45) is 5.29. The zero-order chi connectivity index (χ0) is 14.0. The molecule has 0 aliphatic heterocycles. The predicted octanol–water partition coefficient (Wildman–Crippen LogP) is 1.22. The number of aryl methyl sites for hydroxylation is 1. The van der Waals surface area contributed by atoms with Crippen molar-refractivity contribution in [2.75, 3.05) is 5.75 Å². The van der Waals surface area contributed by atoms with Crippen LogP contribution in [0.1, 0.15) is 41.7 Å². The molecule has 1 aromatic rings. The molecule has 0 bridgehead atoms. The maximum atomic E-state index is 12.1. The summed E-state index contributed by atoms with van der Waals surface area (Å²) in [6, 6.07) is 0. The second-order valence-electron chi connectivity index (χ2n) is 5.14. The average Bonchev–Trinajstić information content (AvgIpc) is 2.89. The SMILES string of the molecule is Cn1ncc(C(=O)O)c1CS(=O)(=O)CC1CCCC1. The number of nitrogens with zero attached hydrogens (tertiary/aromatic N) is 2. The smallest absolute Gasteiger partial charge is 0.339 e. The number of carbonyl (C=O) groups is 1. The second kappa shape index (κ2) is 5.32. The van der Waals surface area contributed by atoms with Crippen molar-refractivity contribution >= 4 is 15.8 Å². The summed E-state index contributed by atoms with van der Waals surface area (Å²) >= 11 is 0. The minimum Gasteiger partial charge on any atom is -0.478 e. The largest absolute Gasteiger partial charge is 0.478 e. The maximum absolute atomic E-state index is 12.1. The van der Waals surface area contributed by atoms with E-state index in [-0.39, 0.29) is 28.7 Å². The fourth-order valence-corrected chi connectivity index (χ4v) is 4.54. The zero-order valence-electron chi connectivity index (χ0n) is 10.9. The topological polar surface area (TPSA) is 89.3 Å². The summed E-state index contributed by atoms with van der Waals surface area (Å²) in [4.78, 5) is 11.0. The zero-order valence-corrected chi connectivity index (χ0v) is 11.7. The minimum absolute atomic E-state index is 0.0301. The highest BCUT2D eigenvalue weighted by molar-refractivity contribution is 7.90. The molecule has 1 heterocycles. The Morgan fingerprint density at radius 1 is 1.47 bits per heavy atom. The minimum atomic E-state index is -3.29. The van der Waals surface area contributed by atoms with Crippen molar-refractivity contribution in [3.8, 4) is 0 Å². The summed E-state index contributed by atoms with van der Waals surface area (Å²) < 4.78 is 25.6. The first kappa shape index (κ1) is 14.0. The highest BCUT2D eigenvalue weighted by Gasteiger charge is 2.26.